The van der Waals surface area contributed by atoms with Gasteiger partial charge in [0.2, 0.25) is 0 Å². The second-order valence-electron chi connectivity index (χ2n) is 4.58. The van der Waals surface area contributed by atoms with Gasteiger partial charge in [-0.3, -0.25) is 0 Å². The van der Waals surface area contributed by atoms with Crippen LogP contribution in [0.5, 0.6) is 0 Å². The minimum atomic E-state index is -5.19. The molecule has 0 spiro atoms. The summed E-state index contributed by atoms with van der Waals surface area (Å²) in [6.45, 7) is 2.92. The Hall–Kier alpha value is -0.340. The van der Waals surface area contributed by atoms with E-state index in [1.807, 2.05) is 0 Å². The minimum absolute atomic E-state index is 0.0112. The maximum absolute atomic E-state index is 12.5. The molecule has 0 amide bonds. The molecule has 2 rings (SSSR count). The summed E-state index contributed by atoms with van der Waals surface area (Å²) in [5, 5.41) is 3.10. The fourth-order valence-electron chi connectivity index (χ4n) is 2.90. The number of rotatable bonds is 2. The first kappa shape index (κ1) is 13.1. The van der Waals surface area contributed by atoms with Crippen molar-refractivity contribution in [2.24, 2.45) is 11.8 Å². The fourth-order valence-corrected chi connectivity index (χ4v) is 4.21. The molecule has 0 aromatic heterocycles. The third kappa shape index (κ3) is 1.96. The van der Waals surface area contributed by atoms with Crippen molar-refractivity contribution >= 4 is 10.0 Å². The molecule has 17 heavy (non-hydrogen) atoms. The van der Waals surface area contributed by atoms with E-state index in [4.69, 9.17) is 0 Å². The summed E-state index contributed by atoms with van der Waals surface area (Å²) in [6, 6.07) is -0.526. The lowest BCUT2D eigenvalue weighted by Crippen LogP contribution is -2.45. The van der Waals surface area contributed by atoms with Gasteiger partial charge in [-0.2, -0.15) is 17.5 Å². The molecule has 0 saturated carbocycles. The number of fused-ring (bicyclic) bond motifs is 1. The first-order valence-electron chi connectivity index (χ1n) is 5.58. The molecule has 2 fully saturated rings. The minimum Gasteiger partial charge on any atom is -0.316 e. The first-order chi connectivity index (χ1) is 7.79. The highest BCUT2D eigenvalue weighted by Crippen LogP contribution is 2.40. The van der Waals surface area contributed by atoms with Gasteiger partial charge in [0.15, 0.2) is 0 Å². The van der Waals surface area contributed by atoms with Gasteiger partial charge >= 0.3 is 15.5 Å². The second-order valence-corrected chi connectivity index (χ2v) is 6.46. The summed E-state index contributed by atoms with van der Waals surface area (Å²) in [4.78, 5) is 0. The van der Waals surface area contributed by atoms with Crippen molar-refractivity contribution in [2.75, 3.05) is 19.6 Å². The number of hydrogen-bond donors (Lipinski definition) is 1. The Morgan fingerprint density at radius 2 is 2.00 bits per heavy atom. The number of nitrogens with zero attached hydrogens (tertiary/aromatic N) is 1. The van der Waals surface area contributed by atoms with E-state index in [2.05, 4.69) is 5.32 Å². The predicted molar refractivity (Wildman–Crippen MR) is 55.6 cm³/mol. The standard InChI is InChI=1S/C9H15F3N2O2S/c1-2-8-7-4-13-3-6(7)5-14(8)17(15,16)9(10,11)12/h6-8,13H,2-5H2,1H3. The van der Waals surface area contributed by atoms with E-state index >= 15 is 0 Å². The van der Waals surface area contributed by atoms with Gasteiger partial charge in [-0.05, 0) is 31.3 Å². The summed E-state index contributed by atoms with van der Waals surface area (Å²) >= 11 is 0. The van der Waals surface area contributed by atoms with Crippen LogP contribution in [0.1, 0.15) is 13.3 Å². The summed E-state index contributed by atoms with van der Waals surface area (Å²) in [5.74, 6) is 0.0224. The van der Waals surface area contributed by atoms with Gasteiger partial charge in [0, 0.05) is 12.6 Å². The van der Waals surface area contributed by atoms with Gasteiger partial charge < -0.3 is 5.32 Å². The normalized spacial score (nSPS) is 35.2. The number of hydrogen-bond acceptors (Lipinski definition) is 3. The van der Waals surface area contributed by atoms with Crippen LogP contribution in [-0.4, -0.2) is 43.9 Å². The SMILES string of the molecule is CCC1C2CNCC2CN1S(=O)(=O)C(F)(F)F. The lowest BCUT2D eigenvalue weighted by molar-refractivity contribution is -0.0495. The molecule has 0 radical (unpaired) electrons. The molecule has 3 atom stereocenters. The Morgan fingerprint density at radius 3 is 2.53 bits per heavy atom. The van der Waals surface area contributed by atoms with Gasteiger partial charge in [0.1, 0.15) is 0 Å². The van der Waals surface area contributed by atoms with Crippen molar-refractivity contribution in [2.45, 2.75) is 24.9 Å². The summed E-state index contributed by atoms with van der Waals surface area (Å²) in [6.07, 6.45) is 0.415. The van der Waals surface area contributed by atoms with Crippen molar-refractivity contribution in [3.05, 3.63) is 0 Å². The number of nitrogens with one attached hydrogen (secondary N) is 1. The Bertz CT molecular complexity index is 396. The molecule has 2 heterocycles. The average Bonchev–Trinajstić information content (AvgIpc) is 2.73. The quantitative estimate of drug-likeness (QED) is 0.807. The maximum Gasteiger partial charge on any atom is 0.511 e. The van der Waals surface area contributed by atoms with Crippen LogP contribution in [0.2, 0.25) is 0 Å². The van der Waals surface area contributed by atoms with Crippen molar-refractivity contribution in [3.8, 4) is 0 Å². The van der Waals surface area contributed by atoms with Gasteiger partial charge in [-0.1, -0.05) is 6.92 Å². The monoisotopic (exact) mass is 272 g/mol. The van der Waals surface area contributed by atoms with Crippen LogP contribution in [0.25, 0.3) is 0 Å². The van der Waals surface area contributed by atoms with E-state index in [-0.39, 0.29) is 18.4 Å². The molecule has 8 heteroatoms. The van der Waals surface area contributed by atoms with E-state index in [1.165, 1.54) is 0 Å². The Morgan fingerprint density at radius 1 is 1.35 bits per heavy atom. The highest BCUT2D eigenvalue weighted by molar-refractivity contribution is 7.90. The number of sulfonamides is 1. The third-order valence-corrected chi connectivity index (χ3v) is 5.31. The Kier molecular flexibility index (Phi) is 3.16. The van der Waals surface area contributed by atoms with Gasteiger partial charge in [0.25, 0.3) is 0 Å². The van der Waals surface area contributed by atoms with Crippen LogP contribution in [0.3, 0.4) is 0 Å². The van der Waals surface area contributed by atoms with E-state index in [0.717, 1.165) is 0 Å². The van der Waals surface area contributed by atoms with Crippen molar-refractivity contribution in [1.29, 1.82) is 0 Å². The van der Waals surface area contributed by atoms with E-state index in [9.17, 15) is 21.6 Å². The van der Waals surface area contributed by atoms with Gasteiger partial charge in [0.05, 0.1) is 0 Å². The van der Waals surface area contributed by atoms with Crippen molar-refractivity contribution < 1.29 is 21.6 Å². The van der Waals surface area contributed by atoms with Crippen molar-refractivity contribution in [1.82, 2.24) is 9.62 Å². The molecule has 2 saturated heterocycles. The summed E-state index contributed by atoms with van der Waals surface area (Å²) < 4.78 is 61.1. The maximum atomic E-state index is 12.5. The molecule has 0 bridgehead atoms. The predicted octanol–water partition coefficient (Wildman–Crippen LogP) is 0.766. The lowest BCUT2D eigenvalue weighted by Gasteiger charge is -2.26. The summed E-state index contributed by atoms with van der Waals surface area (Å²) in [7, 11) is -5.17. The van der Waals surface area contributed by atoms with Crippen LogP contribution >= 0.6 is 0 Å². The third-order valence-electron chi connectivity index (χ3n) is 3.69. The van der Waals surface area contributed by atoms with E-state index < -0.39 is 21.6 Å². The zero-order valence-electron chi connectivity index (χ0n) is 9.37. The Labute approximate surface area is 98.2 Å². The fraction of sp³-hybridized carbons (Fsp3) is 1.00. The van der Waals surface area contributed by atoms with Crippen LogP contribution in [-0.2, 0) is 10.0 Å². The molecule has 2 aliphatic heterocycles. The van der Waals surface area contributed by atoms with Crippen LogP contribution in [0, 0.1) is 11.8 Å². The number of alkyl halides is 3. The topological polar surface area (TPSA) is 49.4 Å². The van der Waals surface area contributed by atoms with Crippen LogP contribution in [0.15, 0.2) is 0 Å². The van der Waals surface area contributed by atoms with Crippen molar-refractivity contribution in [3.63, 3.8) is 0 Å². The largest absolute Gasteiger partial charge is 0.511 e. The van der Waals surface area contributed by atoms with Gasteiger partial charge in [-0.25, -0.2) is 8.42 Å². The number of halogens is 3. The Balaban J connectivity index is 2.29. The molecular weight excluding hydrogens is 257 g/mol. The zero-order valence-corrected chi connectivity index (χ0v) is 10.2. The highest BCUT2D eigenvalue weighted by atomic mass is 32.2. The molecule has 100 valence electrons. The molecular formula is C9H15F3N2O2S. The lowest BCUT2D eigenvalue weighted by atomic mass is 9.93. The average molecular weight is 272 g/mol. The molecule has 2 aliphatic rings. The molecule has 4 nitrogen and oxygen atoms in total. The van der Waals surface area contributed by atoms with Crippen LogP contribution < -0.4 is 5.32 Å². The smallest absolute Gasteiger partial charge is 0.316 e. The second kappa shape index (κ2) is 4.10. The van der Waals surface area contributed by atoms with E-state index in [1.54, 1.807) is 6.92 Å². The van der Waals surface area contributed by atoms with Crippen LogP contribution in [0.4, 0.5) is 13.2 Å². The molecule has 1 N–H and O–H groups in total. The summed E-state index contributed by atoms with van der Waals surface area (Å²) in [5.41, 5.74) is -5.19. The molecule has 0 aromatic rings. The van der Waals surface area contributed by atoms with E-state index in [0.29, 0.717) is 23.8 Å². The molecule has 0 aromatic carbocycles. The first-order valence-corrected chi connectivity index (χ1v) is 7.02. The van der Waals surface area contributed by atoms with Gasteiger partial charge in [-0.15, -0.1) is 0 Å². The molecule has 3 unspecified atom stereocenters. The molecule has 0 aliphatic carbocycles. The highest BCUT2D eigenvalue weighted by Gasteiger charge is 2.57. The zero-order chi connectivity index (χ0) is 12.8.